The minimum absolute atomic E-state index is 0.000495. The lowest BCUT2D eigenvalue weighted by atomic mass is 10.0. The van der Waals surface area contributed by atoms with Gasteiger partial charge in [-0.15, -0.1) is 22.7 Å². The molecule has 0 saturated heterocycles. The fraction of sp³-hybridized carbons (Fsp3) is 0.158. The number of amides is 2. The topological polar surface area (TPSA) is 81.4 Å². The van der Waals surface area contributed by atoms with Crippen molar-refractivity contribution in [1.29, 1.82) is 0 Å². The van der Waals surface area contributed by atoms with Gasteiger partial charge in [0.25, 0.3) is 11.8 Å². The van der Waals surface area contributed by atoms with Gasteiger partial charge in [-0.2, -0.15) is 8.78 Å². The van der Waals surface area contributed by atoms with Crippen molar-refractivity contribution in [3.05, 3.63) is 56.6 Å². The second-order valence-corrected chi connectivity index (χ2v) is 8.33. The fourth-order valence-corrected chi connectivity index (χ4v) is 4.73. The van der Waals surface area contributed by atoms with Crippen molar-refractivity contribution in [2.45, 2.75) is 20.5 Å². The highest BCUT2D eigenvalue weighted by atomic mass is 32.1. The molecule has 1 aromatic carbocycles. The third-order valence-electron chi connectivity index (χ3n) is 3.86. The number of carbonyl (C=O) groups excluding carboxylic acids is 2. The zero-order valence-corrected chi connectivity index (χ0v) is 16.5. The van der Waals surface area contributed by atoms with E-state index in [1.807, 2.05) is 37.3 Å². The summed E-state index contributed by atoms with van der Waals surface area (Å²) in [5.74, 6) is -1.53. The molecule has 5 nitrogen and oxygen atoms in total. The minimum atomic E-state index is -3.05. The number of aryl methyl sites for hydroxylation is 2. The first-order chi connectivity index (χ1) is 13.3. The Morgan fingerprint density at radius 3 is 2.43 bits per heavy atom. The average Bonchev–Trinajstić information content (AvgIpc) is 3.14. The molecule has 146 valence electrons. The van der Waals surface area contributed by atoms with E-state index in [0.717, 1.165) is 21.8 Å². The Morgan fingerprint density at radius 2 is 1.82 bits per heavy atom. The van der Waals surface area contributed by atoms with Crippen LogP contribution in [0.25, 0.3) is 11.1 Å². The summed E-state index contributed by atoms with van der Waals surface area (Å²) in [6, 6.07) is 10.6. The smallest absolute Gasteiger partial charge is 0.387 e. The van der Waals surface area contributed by atoms with E-state index in [-0.39, 0.29) is 21.2 Å². The number of alkyl halides is 2. The highest BCUT2D eigenvalue weighted by Gasteiger charge is 2.25. The Labute approximate surface area is 167 Å². The number of ether oxygens (including phenoxy) is 1. The zero-order chi connectivity index (χ0) is 20.4. The Bertz CT molecular complexity index is 1030. The molecule has 0 aliphatic carbocycles. The molecule has 2 amide bonds. The van der Waals surface area contributed by atoms with E-state index < -0.39 is 18.4 Å². The van der Waals surface area contributed by atoms with Gasteiger partial charge < -0.3 is 15.8 Å². The molecule has 3 N–H and O–H groups in total. The summed E-state index contributed by atoms with van der Waals surface area (Å²) in [4.78, 5) is 26.2. The third kappa shape index (κ3) is 4.05. The predicted octanol–water partition coefficient (Wildman–Crippen LogP) is 5.05. The standard InChI is InChI=1S/C19H16F2N2O3S2/c1-9-8-12(26-19(20)21)15(27-9)17(25)23-18-14(16(22)24)13(10(2)28-18)11-6-4-3-5-7-11/h3-8,19H,1-2H3,(H2,22,24)(H,23,25). The highest BCUT2D eigenvalue weighted by molar-refractivity contribution is 7.17. The first-order valence-electron chi connectivity index (χ1n) is 8.13. The second-order valence-electron chi connectivity index (χ2n) is 5.85. The number of primary amides is 1. The van der Waals surface area contributed by atoms with Crippen LogP contribution in [0.1, 0.15) is 29.8 Å². The van der Waals surface area contributed by atoms with E-state index in [1.165, 1.54) is 17.4 Å². The maximum Gasteiger partial charge on any atom is 0.387 e. The number of hydrogen-bond acceptors (Lipinski definition) is 5. The number of halogens is 2. The number of hydrogen-bond donors (Lipinski definition) is 2. The molecule has 28 heavy (non-hydrogen) atoms. The largest absolute Gasteiger partial charge is 0.433 e. The van der Waals surface area contributed by atoms with Crippen LogP contribution >= 0.6 is 22.7 Å². The van der Waals surface area contributed by atoms with Gasteiger partial charge in [0.15, 0.2) is 0 Å². The third-order valence-corrected chi connectivity index (χ3v) is 5.91. The van der Waals surface area contributed by atoms with Crippen LogP contribution in [0, 0.1) is 13.8 Å². The second kappa shape index (κ2) is 8.07. The molecule has 3 aromatic rings. The number of thiophene rings is 2. The predicted molar refractivity (Wildman–Crippen MR) is 107 cm³/mol. The molecule has 0 radical (unpaired) electrons. The van der Waals surface area contributed by atoms with Gasteiger partial charge >= 0.3 is 6.61 Å². The Balaban J connectivity index is 2.00. The molecule has 0 saturated carbocycles. The molecule has 3 rings (SSSR count). The number of rotatable bonds is 6. The van der Waals surface area contributed by atoms with E-state index in [4.69, 9.17) is 5.73 Å². The summed E-state index contributed by atoms with van der Waals surface area (Å²) < 4.78 is 29.6. The van der Waals surface area contributed by atoms with E-state index in [2.05, 4.69) is 10.1 Å². The monoisotopic (exact) mass is 422 g/mol. The van der Waals surface area contributed by atoms with E-state index in [9.17, 15) is 18.4 Å². The fourth-order valence-electron chi connectivity index (χ4n) is 2.81. The van der Waals surface area contributed by atoms with Crippen molar-refractivity contribution in [1.82, 2.24) is 0 Å². The SMILES string of the molecule is Cc1cc(OC(F)F)c(C(=O)Nc2sc(C)c(-c3ccccc3)c2C(N)=O)s1. The number of nitrogens with one attached hydrogen (secondary N) is 1. The van der Waals surface area contributed by atoms with Crippen LogP contribution in [-0.4, -0.2) is 18.4 Å². The first kappa shape index (κ1) is 20.0. The van der Waals surface area contributed by atoms with Crippen molar-refractivity contribution >= 4 is 39.5 Å². The van der Waals surface area contributed by atoms with Crippen molar-refractivity contribution in [3.63, 3.8) is 0 Å². The van der Waals surface area contributed by atoms with Crippen LogP contribution in [0.4, 0.5) is 13.8 Å². The number of benzene rings is 1. The summed E-state index contributed by atoms with van der Waals surface area (Å²) in [6.07, 6.45) is 0. The molecule has 2 aromatic heterocycles. The number of carbonyl (C=O) groups is 2. The zero-order valence-electron chi connectivity index (χ0n) is 14.9. The van der Waals surface area contributed by atoms with Gasteiger partial charge in [0.1, 0.15) is 15.6 Å². The Hall–Kier alpha value is -2.78. The van der Waals surface area contributed by atoms with Crippen molar-refractivity contribution in [2.75, 3.05) is 5.32 Å². The van der Waals surface area contributed by atoms with Crippen LogP contribution in [-0.2, 0) is 0 Å². The number of anilines is 1. The van der Waals surface area contributed by atoms with E-state index >= 15 is 0 Å². The highest BCUT2D eigenvalue weighted by Crippen LogP contribution is 2.40. The van der Waals surface area contributed by atoms with Crippen LogP contribution < -0.4 is 15.8 Å². The summed E-state index contributed by atoms with van der Waals surface area (Å²) in [5, 5.41) is 2.90. The van der Waals surface area contributed by atoms with Gasteiger partial charge in [0.05, 0.1) is 5.56 Å². The van der Waals surface area contributed by atoms with Crippen LogP contribution in [0.3, 0.4) is 0 Å². The van der Waals surface area contributed by atoms with E-state index in [1.54, 1.807) is 6.92 Å². The van der Waals surface area contributed by atoms with Gasteiger partial charge in [0, 0.05) is 15.3 Å². The summed E-state index contributed by atoms with van der Waals surface area (Å²) in [6.45, 7) is 0.447. The van der Waals surface area contributed by atoms with Gasteiger partial charge in [-0.25, -0.2) is 0 Å². The lowest BCUT2D eigenvalue weighted by molar-refractivity contribution is -0.0498. The lowest BCUT2D eigenvalue weighted by Crippen LogP contribution is -2.17. The maximum absolute atomic E-state index is 12.7. The van der Waals surface area contributed by atoms with Crippen LogP contribution in [0.2, 0.25) is 0 Å². The average molecular weight is 422 g/mol. The first-order valence-corrected chi connectivity index (χ1v) is 9.76. The molecule has 0 fully saturated rings. The van der Waals surface area contributed by atoms with Crippen molar-refractivity contribution < 1.29 is 23.1 Å². The molecular weight excluding hydrogens is 406 g/mol. The van der Waals surface area contributed by atoms with E-state index in [0.29, 0.717) is 10.4 Å². The molecule has 0 spiro atoms. The molecule has 0 unspecified atom stereocenters. The van der Waals surface area contributed by atoms with Gasteiger partial charge in [-0.1, -0.05) is 30.3 Å². The maximum atomic E-state index is 12.7. The van der Waals surface area contributed by atoms with Gasteiger partial charge in [-0.05, 0) is 25.5 Å². The summed E-state index contributed by atoms with van der Waals surface area (Å²) in [5.41, 5.74) is 7.19. The lowest BCUT2D eigenvalue weighted by Gasteiger charge is -2.08. The van der Waals surface area contributed by atoms with Crippen molar-refractivity contribution in [2.24, 2.45) is 5.73 Å². The number of nitrogens with two attached hydrogens (primary N) is 1. The molecule has 0 bridgehead atoms. The Morgan fingerprint density at radius 1 is 1.14 bits per heavy atom. The molecule has 9 heteroatoms. The van der Waals surface area contributed by atoms with Crippen LogP contribution in [0.15, 0.2) is 36.4 Å². The van der Waals surface area contributed by atoms with Crippen LogP contribution in [0.5, 0.6) is 5.75 Å². The quantitative estimate of drug-likeness (QED) is 0.584. The molecule has 0 atom stereocenters. The van der Waals surface area contributed by atoms with Gasteiger partial charge in [-0.3, -0.25) is 9.59 Å². The summed E-state index contributed by atoms with van der Waals surface area (Å²) in [7, 11) is 0. The molecule has 2 heterocycles. The Kier molecular flexibility index (Phi) is 5.76. The molecule has 0 aliphatic heterocycles. The summed E-state index contributed by atoms with van der Waals surface area (Å²) >= 11 is 2.22. The minimum Gasteiger partial charge on any atom is -0.433 e. The normalized spacial score (nSPS) is 10.9. The molecular formula is C19H16F2N2O3S2. The van der Waals surface area contributed by atoms with Gasteiger partial charge in [0.2, 0.25) is 0 Å². The molecule has 0 aliphatic rings. The van der Waals surface area contributed by atoms with Crippen molar-refractivity contribution in [3.8, 4) is 16.9 Å².